The van der Waals surface area contributed by atoms with E-state index in [4.69, 9.17) is 5.73 Å². The van der Waals surface area contributed by atoms with Crippen LogP contribution in [0.4, 0.5) is 4.79 Å². The molecule has 0 saturated carbocycles. The van der Waals surface area contributed by atoms with Crippen molar-refractivity contribution in [1.82, 2.24) is 10.6 Å². The highest BCUT2D eigenvalue weighted by molar-refractivity contribution is 5.96. The summed E-state index contributed by atoms with van der Waals surface area (Å²) in [6, 6.07) is -0.773. The fourth-order valence-corrected chi connectivity index (χ4v) is 1.64. The molecule has 0 aromatic heterocycles. The largest absolute Gasteiger partial charge is 0.351 e. The molecule has 5 heteroatoms. The van der Waals surface area contributed by atoms with Crippen LogP contribution in [0.2, 0.25) is 0 Å². The minimum Gasteiger partial charge on any atom is -0.351 e. The van der Waals surface area contributed by atoms with Crippen LogP contribution in [-0.2, 0) is 4.79 Å². The second-order valence-electron chi connectivity index (χ2n) is 3.38. The summed E-state index contributed by atoms with van der Waals surface area (Å²) < 4.78 is 0. The second-order valence-corrected chi connectivity index (χ2v) is 3.38. The highest BCUT2D eigenvalue weighted by Crippen LogP contribution is 2.29. The van der Waals surface area contributed by atoms with Crippen molar-refractivity contribution in [2.75, 3.05) is 13.1 Å². The predicted octanol–water partition coefficient (Wildman–Crippen LogP) is -0.429. The molecular weight excluding hydrogens is 170 g/mol. The highest BCUT2D eigenvalue weighted by atomic mass is 16.2. The van der Waals surface area contributed by atoms with Gasteiger partial charge in [0.15, 0.2) is 0 Å². The molecule has 1 unspecified atom stereocenters. The molecule has 13 heavy (non-hydrogen) atoms. The average Bonchev–Trinajstić information content (AvgIpc) is 2.51. The van der Waals surface area contributed by atoms with Crippen molar-refractivity contribution in [3.63, 3.8) is 0 Å². The van der Waals surface area contributed by atoms with Crippen molar-refractivity contribution in [3.8, 4) is 0 Å². The smallest absolute Gasteiger partial charge is 0.318 e. The van der Waals surface area contributed by atoms with Gasteiger partial charge in [0.25, 0.3) is 0 Å². The molecule has 1 heterocycles. The van der Waals surface area contributed by atoms with Gasteiger partial charge < -0.3 is 11.1 Å². The molecule has 0 aromatic rings. The zero-order valence-corrected chi connectivity index (χ0v) is 7.72. The number of rotatable bonds is 2. The zero-order valence-electron chi connectivity index (χ0n) is 7.72. The van der Waals surface area contributed by atoms with E-state index in [0.717, 1.165) is 19.4 Å². The molecule has 1 aliphatic rings. The number of carbonyl (C=O) groups is 2. The van der Waals surface area contributed by atoms with Crippen molar-refractivity contribution in [2.24, 2.45) is 11.1 Å². The maximum atomic E-state index is 11.6. The van der Waals surface area contributed by atoms with Gasteiger partial charge in [-0.05, 0) is 19.4 Å². The van der Waals surface area contributed by atoms with Crippen molar-refractivity contribution < 1.29 is 9.59 Å². The van der Waals surface area contributed by atoms with Gasteiger partial charge in [-0.15, -0.1) is 0 Å². The lowest BCUT2D eigenvalue weighted by Gasteiger charge is -2.23. The lowest BCUT2D eigenvalue weighted by Crippen LogP contribution is -2.46. The van der Waals surface area contributed by atoms with Crippen LogP contribution in [0.3, 0.4) is 0 Å². The molecule has 3 amide bonds. The Morgan fingerprint density at radius 1 is 1.62 bits per heavy atom. The highest BCUT2D eigenvalue weighted by Gasteiger charge is 2.39. The summed E-state index contributed by atoms with van der Waals surface area (Å²) in [7, 11) is 0. The molecular formula is C8H15N3O2. The molecule has 0 radical (unpaired) electrons. The van der Waals surface area contributed by atoms with Gasteiger partial charge in [0.1, 0.15) is 0 Å². The van der Waals surface area contributed by atoms with Crippen molar-refractivity contribution in [2.45, 2.75) is 19.8 Å². The first-order valence-corrected chi connectivity index (χ1v) is 4.42. The van der Waals surface area contributed by atoms with Crippen LogP contribution in [0, 0.1) is 5.41 Å². The summed E-state index contributed by atoms with van der Waals surface area (Å²) in [6.07, 6.45) is 1.49. The van der Waals surface area contributed by atoms with E-state index in [9.17, 15) is 9.59 Å². The van der Waals surface area contributed by atoms with Gasteiger partial charge >= 0.3 is 6.03 Å². The van der Waals surface area contributed by atoms with Crippen molar-refractivity contribution >= 4 is 11.9 Å². The van der Waals surface area contributed by atoms with E-state index in [0.29, 0.717) is 6.54 Å². The zero-order chi connectivity index (χ0) is 9.90. The molecule has 0 aromatic carbocycles. The van der Waals surface area contributed by atoms with Crippen LogP contribution in [0.5, 0.6) is 0 Å². The summed E-state index contributed by atoms with van der Waals surface area (Å²) in [5, 5.41) is 5.24. The monoisotopic (exact) mass is 185 g/mol. The Labute approximate surface area is 77.1 Å². The Morgan fingerprint density at radius 3 is 2.69 bits per heavy atom. The van der Waals surface area contributed by atoms with E-state index in [1.54, 1.807) is 0 Å². The Hall–Kier alpha value is -1.10. The predicted molar refractivity (Wildman–Crippen MR) is 47.9 cm³/mol. The average molecular weight is 185 g/mol. The molecule has 0 bridgehead atoms. The SMILES string of the molecule is CCC1(C(=O)NC(N)=O)CCNC1. The first-order chi connectivity index (χ1) is 6.10. The maximum Gasteiger partial charge on any atom is 0.318 e. The van der Waals surface area contributed by atoms with Crippen LogP contribution < -0.4 is 16.4 Å². The molecule has 1 atom stereocenters. The van der Waals surface area contributed by atoms with Gasteiger partial charge in [-0.1, -0.05) is 6.92 Å². The van der Waals surface area contributed by atoms with Crippen molar-refractivity contribution in [3.05, 3.63) is 0 Å². The third kappa shape index (κ3) is 1.98. The number of urea groups is 1. The first kappa shape index (κ1) is 9.98. The number of primary amides is 1. The summed E-state index contributed by atoms with van der Waals surface area (Å²) in [6.45, 7) is 3.39. The molecule has 1 fully saturated rings. The van der Waals surface area contributed by atoms with Crippen molar-refractivity contribution in [1.29, 1.82) is 0 Å². The summed E-state index contributed by atoms with van der Waals surface area (Å²) in [4.78, 5) is 22.1. The standard InChI is InChI=1S/C8H15N3O2/c1-2-8(3-4-10-5-8)6(12)11-7(9)13/h10H,2-5H2,1H3,(H3,9,11,12,13). The van der Waals surface area contributed by atoms with Gasteiger partial charge in [-0.3, -0.25) is 10.1 Å². The minimum atomic E-state index is -0.773. The van der Waals surface area contributed by atoms with Gasteiger partial charge in [0, 0.05) is 6.54 Å². The third-order valence-electron chi connectivity index (χ3n) is 2.64. The molecule has 5 nitrogen and oxygen atoms in total. The van der Waals surface area contributed by atoms with E-state index in [2.05, 4.69) is 10.6 Å². The molecule has 1 aliphatic heterocycles. The molecule has 4 N–H and O–H groups in total. The number of hydrogen-bond acceptors (Lipinski definition) is 3. The van der Waals surface area contributed by atoms with Crippen LogP contribution in [0.1, 0.15) is 19.8 Å². The third-order valence-corrected chi connectivity index (χ3v) is 2.64. The summed E-state index contributed by atoms with van der Waals surface area (Å²) in [5.74, 6) is -0.257. The molecule has 0 spiro atoms. The first-order valence-electron chi connectivity index (χ1n) is 4.42. The van der Waals surface area contributed by atoms with E-state index >= 15 is 0 Å². The number of nitrogens with two attached hydrogens (primary N) is 1. The Bertz CT molecular complexity index is 221. The Kier molecular flexibility index (Phi) is 2.87. The van der Waals surface area contributed by atoms with Crippen LogP contribution in [0.25, 0.3) is 0 Å². The molecule has 1 saturated heterocycles. The van der Waals surface area contributed by atoms with Gasteiger partial charge in [0.05, 0.1) is 5.41 Å². The normalized spacial score (nSPS) is 27.2. The van der Waals surface area contributed by atoms with Gasteiger partial charge in [0.2, 0.25) is 5.91 Å². The summed E-state index contributed by atoms with van der Waals surface area (Å²) in [5.41, 5.74) is 4.45. The maximum absolute atomic E-state index is 11.6. The van der Waals surface area contributed by atoms with E-state index in [1.807, 2.05) is 6.92 Å². The van der Waals surface area contributed by atoms with Crippen LogP contribution in [-0.4, -0.2) is 25.0 Å². The van der Waals surface area contributed by atoms with E-state index in [-0.39, 0.29) is 5.91 Å². The fraction of sp³-hybridized carbons (Fsp3) is 0.750. The fourth-order valence-electron chi connectivity index (χ4n) is 1.64. The minimum absolute atomic E-state index is 0.257. The molecule has 0 aliphatic carbocycles. The number of carbonyl (C=O) groups excluding carboxylic acids is 2. The van der Waals surface area contributed by atoms with Crippen LogP contribution >= 0.6 is 0 Å². The Balaban J connectivity index is 2.65. The summed E-state index contributed by atoms with van der Waals surface area (Å²) >= 11 is 0. The number of hydrogen-bond donors (Lipinski definition) is 3. The van der Waals surface area contributed by atoms with E-state index < -0.39 is 11.4 Å². The number of imide groups is 1. The molecule has 74 valence electrons. The topological polar surface area (TPSA) is 84.2 Å². The molecule has 1 rings (SSSR count). The lowest BCUT2D eigenvalue weighted by atomic mass is 9.83. The van der Waals surface area contributed by atoms with Gasteiger partial charge in [-0.2, -0.15) is 0 Å². The second kappa shape index (κ2) is 3.74. The number of nitrogens with one attached hydrogen (secondary N) is 2. The Morgan fingerprint density at radius 2 is 2.31 bits per heavy atom. The van der Waals surface area contributed by atoms with Gasteiger partial charge in [-0.25, -0.2) is 4.79 Å². The van der Waals surface area contributed by atoms with Crippen LogP contribution in [0.15, 0.2) is 0 Å². The quantitative estimate of drug-likeness (QED) is 0.546. The van der Waals surface area contributed by atoms with E-state index in [1.165, 1.54) is 0 Å². The lowest BCUT2D eigenvalue weighted by molar-refractivity contribution is -0.129. The number of amides is 3.